The Bertz CT molecular complexity index is 644. The average molecular weight is 391 g/mol. The molecular weight excluding hydrogens is 356 g/mol. The van der Waals surface area contributed by atoms with Crippen LogP contribution in [-0.2, 0) is 9.53 Å². The molecule has 156 valence electrons. The van der Waals surface area contributed by atoms with Gasteiger partial charge in [-0.1, -0.05) is 32.6 Å². The standard InChI is InChI=1S/C21H34N4O3/c1-4-5-12-23-20(27)21(10-7-6-8-11-21)24-19(26)18-16-17(9-13-22-18)25(2)14-15-28-3/h9,13,16H,4-8,10-12,14-15H2,1-3H3,(H,23,27)(H,24,26). The second-order valence-electron chi connectivity index (χ2n) is 7.52. The fraction of sp³-hybridized carbons (Fsp3) is 0.667. The number of rotatable bonds is 10. The van der Waals surface area contributed by atoms with E-state index >= 15 is 0 Å². The molecule has 0 bridgehead atoms. The third kappa shape index (κ3) is 5.92. The highest BCUT2D eigenvalue weighted by molar-refractivity contribution is 5.98. The van der Waals surface area contributed by atoms with E-state index in [1.807, 2.05) is 18.0 Å². The molecule has 2 rings (SSSR count). The van der Waals surface area contributed by atoms with E-state index in [0.29, 0.717) is 38.2 Å². The summed E-state index contributed by atoms with van der Waals surface area (Å²) in [6.07, 6.45) is 7.90. The smallest absolute Gasteiger partial charge is 0.270 e. The van der Waals surface area contributed by atoms with Crippen molar-refractivity contribution in [2.24, 2.45) is 0 Å². The summed E-state index contributed by atoms with van der Waals surface area (Å²) in [5, 5.41) is 6.04. The first-order valence-electron chi connectivity index (χ1n) is 10.3. The number of carbonyl (C=O) groups excluding carboxylic acids is 2. The van der Waals surface area contributed by atoms with Crippen molar-refractivity contribution < 1.29 is 14.3 Å². The minimum Gasteiger partial charge on any atom is -0.383 e. The molecule has 2 amide bonds. The number of nitrogens with zero attached hydrogens (tertiary/aromatic N) is 2. The molecule has 1 aromatic rings. The van der Waals surface area contributed by atoms with Gasteiger partial charge in [-0.15, -0.1) is 0 Å². The van der Waals surface area contributed by atoms with Crippen LogP contribution in [0.1, 0.15) is 62.4 Å². The maximum Gasteiger partial charge on any atom is 0.270 e. The highest BCUT2D eigenvalue weighted by Crippen LogP contribution is 2.29. The first-order valence-corrected chi connectivity index (χ1v) is 10.3. The minimum absolute atomic E-state index is 0.0673. The normalized spacial score (nSPS) is 15.7. The number of aromatic nitrogens is 1. The molecule has 1 fully saturated rings. The number of carbonyl (C=O) groups is 2. The van der Waals surface area contributed by atoms with Crippen molar-refractivity contribution in [2.75, 3.05) is 38.8 Å². The summed E-state index contributed by atoms with van der Waals surface area (Å²) in [6.45, 7) is 4.05. The van der Waals surface area contributed by atoms with E-state index in [0.717, 1.165) is 37.8 Å². The predicted octanol–water partition coefficient (Wildman–Crippen LogP) is 2.51. The molecule has 7 nitrogen and oxygen atoms in total. The third-order valence-corrected chi connectivity index (χ3v) is 5.36. The largest absolute Gasteiger partial charge is 0.383 e. The van der Waals surface area contributed by atoms with Crippen molar-refractivity contribution in [3.63, 3.8) is 0 Å². The fourth-order valence-corrected chi connectivity index (χ4v) is 3.53. The molecule has 28 heavy (non-hydrogen) atoms. The lowest BCUT2D eigenvalue weighted by Crippen LogP contribution is -2.59. The summed E-state index contributed by atoms with van der Waals surface area (Å²) >= 11 is 0. The summed E-state index contributed by atoms with van der Waals surface area (Å²) in [5.74, 6) is -0.364. The Morgan fingerprint density at radius 3 is 2.71 bits per heavy atom. The van der Waals surface area contributed by atoms with E-state index in [-0.39, 0.29) is 11.8 Å². The van der Waals surface area contributed by atoms with Crippen LogP contribution >= 0.6 is 0 Å². The van der Waals surface area contributed by atoms with Gasteiger partial charge < -0.3 is 20.3 Å². The molecule has 1 aliphatic rings. The Hall–Kier alpha value is -2.15. The van der Waals surface area contributed by atoms with E-state index in [9.17, 15) is 9.59 Å². The molecule has 0 spiro atoms. The number of hydrogen-bond donors (Lipinski definition) is 2. The van der Waals surface area contributed by atoms with Gasteiger partial charge in [0.15, 0.2) is 0 Å². The highest BCUT2D eigenvalue weighted by Gasteiger charge is 2.41. The van der Waals surface area contributed by atoms with E-state index in [1.165, 1.54) is 0 Å². The van der Waals surface area contributed by atoms with Gasteiger partial charge in [0.05, 0.1) is 6.61 Å². The zero-order valence-electron chi connectivity index (χ0n) is 17.4. The summed E-state index contributed by atoms with van der Waals surface area (Å²) in [7, 11) is 3.61. The SMILES string of the molecule is CCCCNC(=O)C1(NC(=O)c2cc(N(C)CCOC)ccn2)CCCCC1. The van der Waals surface area contributed by atoms with Crippen LogP contribution in [0.2, 0.25) is 0 Å². The van der Waals surface area contributed by atoms with Gasteiger partial charge >= 0.3 is 0 Å². The van der Waals surface area contributed by atoms with Crippen LogP contribution in [0.3, 0.4) is 0 Å². The molecule has 1 aromatic heterocycles. The Morgan fingerprint density at radius 1 is 1.29 bits per heavy atom. The van der Waals surface area contributed by atoms with Gasteiger partial charge in [0.25, 0.3) is 5.91 Å². The molecule has 0 aromatic carbocycles. The van der Waals surface area contributed by atoms with Gasteiger partial charge in [0, 0.05) is 39.1 Å². The summed E-state index contributed by atoms with van der Waals surface area (Å²) in [5.41, 5.74) is 0.387. The second-order valence-corrected chi connectivity index (χ2v) is 7.52. The van der Waals surface area contributed by atoms with Crippen LogP contribution < -0.4 is 15.5 Å². The Balaban J connectivity index is 2.11. The van der Waals surface area contributed by atoms with Gasteiger partial charge in [0.1, 0.15) is 11.2 Å². The second kappa shape index (κ2) is 11.0. The molecule has 1 saturated carbocycles. The summed E-state index contributed by atoms with van der Waals surface area (Å²) < 4.78 is 5.11. The monoisotopic (exact) mass is 390 g/mol. The van der Waals surface area contributed by atoms with E-state index in [1.54, 1.807) is 19.4 Å². The lowest BCUT2D eigenvalue weighted by molar-refractivity contribution is -0.128. The molecule has 0 aliphatic heterocycles. The van der Waals surface area contributed by atoms with Crippen molar-refractivity contribution in [3.8, 4) is 0 Å². The highest BCUT2D eigenvalue weighted by atomic mass is 16.5. The van der Waals surface area contributed by atoms with Crippen LogP contribution in [-0.4, -0.2) is 56.2 Å². The number of methoxy groups -OCH3 is 1. The van der Waals surface area contributed by atoms with Crippen LogP contribution in [0.25, 0.3) is 0 Å². The number of anilines is 1. The van der Waals surface area contributed by atoms with Crippen molar-refractivity contribution in [2.45, 2.75) is 57.4 Å². The number of nitrogens with one attached hydrogen (secondary N) is 2. The van der Waals surface area contributed by atoms with E-state index < -0.39 is 5.54 Å². The van der Waals surface area contributed by atoms with Crippen LogP contribution in [0.4, 0.5) is 5.69 Å². The minimum atomic E-state index is -0.831. The zero-order valence-corrected chi connectivity index (χ0v) is 17.4. The molecule has 1 aliphatic carbocycles. The lowest BCUT2D eigenvalue weighted by atomic mass is 9.80. The van der Waals surface area contributed by atoms with Crippen LogP contribution in [0, 0.1) is 0 Å². The van der Waals surface area contributed by atoms with Crippen molar-refractivity contribution in [1.82, 2.24) is 15.6 Å². The topological polar surface area (TPSA) is 83.6 Å². The molecule has 7 heteroatoms. The number of likely N-dealkylation sites (N-methyl/N-ethyl adjacent to an activating group) is 1. The van der Waals surface area contributed by atoms with Crippen molar-refractivity contribution >= 4 is 17.5 Å². The fourth-order valence-electron chi connectivity index (χ4n) is 3.53. The van der Waals surface area contributed by atoms with E-state index in [4.69, 9.17) is 4.74 Å². The summed E-state index contributed by atoms with van der Waals surface area (Å²) in [4.78, 5) is 32.1. The van der Waals surface area contributed by atoms with Gasteiger partial charge in [0.2, 0.25) is 5.91 Å². The number of unbranched alkanes of at least 4 members (excludes halogenated alkanes) is 1. The first kappa shape index (κ1) is 22.1. The Labute approximate surface area is 168 Å². The van der Waals surface area contributed by atoms with Crippen LogP contribution in [0.15, 0.2) is 18.3 Å². The van der Waals surface area contributed by atoms with Gasteiger partial charge in [-0.25, -0.2) is 0 Å². The quantitative estimate of drug-likeness (QED) is 0.600. The molecule has 0 atom stereocenters. The van der Waals surface area contributed by atoms with Gasteiger partial charge in [-0.05, 0) is 31.4 Å². The molecule has 2 N–H and O–H groups in total. The van der Waals surface area contributed by atoms with E-state index in [2.05, 4.69) is 22.5 Å². The number of amides is 2. The molecular formula is C21H34N4O3. The van der Waals surface area contributed by atoms with Crippen molar-refractivity contribution in [3.05, 3.63) is 24.0 Å². The predicted molar refractivity (Wildman–Crippen MR) is 111 cm³/mol. The van der Waals surface area contributed by atoms with Crippen molar-refractivity contribution in [1.29, 1.82) is 0 Å². The number of ether oxygens (including phenoxy) is 1. The lowest BCUT2D eigenvalue weighted by Gasteiger charge is -2.36. The summed E-state index contributed by atoms with van der Waals surface area (Å²) in [6, 6.07) is 3.62. The Kier molecular flexibility index (Phi) is 8.70. The number of pyridine rings is 1. The first-order chi connectivity index (χ1) is 13.5. The average Bonchev–Trinajstić information content (AvgIpc) is 2.72. The molecule has 0 unspecified atom stereocenters. The molecule has 0 radical (unpaired) electrons. The van der Waals surface area contributed by atoms with Crippen LogP contribution in [0.5, 0.6) is 0 Å². The maximum atomic E-state index is 12.9. The number of hydrogen-bond acceptors (Lipinski definition) is 5. The molecule has 0 saturated heterocycles. The van der Waals surface area contributed by atoms with Gasteiger partial charge in [-0.2, -0.15) is 0 Å². The maximum absolute atomic E-state index is 12.9. The van der Waals surface area contributed by atoms with Gasteiger partial charge in [-0.3, -0.25) is 14.6 Å². The molecule has 1 heterocycles. The third-order valence-electron chi connectivity index (χ3n) is 5.36. The zero-order chi connectivity index (χ0) is 20.4. The Morgan fingerprint density at radius 2 is 2.04 bits per heavy atom.